The molecule has 0 rings (SSSR count). The molecule has 0 amide bonds. The Morgan fingerprint density at radius 3 is 2.40 bits per heavy atom. The van der Waals surface area contributed by atoms with Gasteiger partial charge in [-0.3, -0.25) is 5.32 Å². The van der Waals surface area contributed by atoms with E-state index in [0.29, 0.717) is 26.2 Å². The lowest BCUT2D eigenvalue weighted by atomic mass is 10.0. The summed E-state index contributed by atoms with van der Waals surface area (Å²) in [6, 6.07) is 2.26. The Labute approximate surface area is 92.6 Å². The molecule has 0 fully saturated rings. The second kappa shape index (κ2) is 8.66. The zero-order valence-electron chi connectivity index (χ0n) is 10.0. The molecule has 0 aromatic carbocycles. The third-order valence-electron chi connectivity index (χ3n) is 2.14. The summed E-state index contributed by atoms with van der Waals surface area (Å²) in [5.41, 5.74) is -0.472. The maximum atomic E-state index is 8.96. The third kappa shape index (κ3) is 7.32. The number of nitriles is 1. The van der Waals surface area contributed by atoms with Crippen molar-refractivity contribution >= 4 is 0 Å². The van der Waals surface area contributed by atoms with Gasteiger partial charge in [0.25, 0.3) is 0 Å². The van der Waals surface area contributed by atoms with E-state index in [4.69, 9.17) is 14.7 Å². The van der Waals surface area contributed by atoms with Crippen molar-refractivity contribution in [2.24, 2.45) is 0 Å². The Morgan fingerprint density at radius 2 is 1.87 bits per heavy atom. The summed E-state index contributed by atoms with van der Waals surface area (Å²) in [6.07, 6.45) is 0.698. The Kier molecular flexibility index (Phi) is 8.30. The van der Waals surface area contributed by atoms with E-state index in [1.807, 2.05) is 20.8 Å². The number of ether oxygens (including phenoxy) is 2. The second-order valence-electron chi connectivity index (χ2n) is 3.53. The summed E-state index contributed by atoms with van der Waals surface area (Å²) in [5, 5.41) is 12.1. The van der Waals surface area contributed by atoms with Crippen molar-refractivity contribution in [2.45, 2.75) is 32.7 Å². The minimum absolute atomic E-state index is 0.472. The SMILES string of the molecule is CCNC(C)(C#N)CCOCCOCC. The van der Waals surface area contributed by atoms with Crippen molar-refractivity contribution in [3.05, 3.63) is 0 Å². The smallest absolute Gasteiger partial charge is 0.106 e. The van der Waals surface area contributed by atoms with Crippen LogP contribution in [0.2, 0.25) is 0 Å². The zero-order valence-corrected chi connectivity index (χ0v) is 10.0. The standard InChI is InChI=1S/C11H22N2O2/c1-4-13-11(3,10-12)6-7-15-9-8-14-5-2/h13H,4-9H2,1-3H3. The lowest BCUT2D eigenvalue weighted by Crippen LogP contribution is -2.41. The Balaban J connectivity index is 3.51. The van der Waals surface area contributed by atoms with Gasteiger partial charge in [-0.25, -0.2) is 0 Å². The molecule has 0 radical (unpaired) electrons. The molecule has 0 aliphatic heterocycles. The van der Waals surface area contributed by atoms with Crippen LogP contribution in [0.3, 0.4) is 0 Å². The van der Waals surface area contributed by atoms with Crippen molar-refractivity contribution in [3.8, 4) is 6.07 Å². The van der Waals surface area contributed by atoms with Crippen LogP contribution in [0, 0.1) is 11.3 Å². The van der Waals surface area contributed by atoms with E-state index in [0.717, 1.165) is 13.2 Å². The fourth-order valence-corrected chi connectivity index (χ4v) is 1.21. The zero-order chi connectivity index (χ0) is 11.6. The van der Waals surface area contributed by atoms with Gasteiger partial charge >= 0.3 is 0 Å². The lowest BCUT2D eigenvalue weighted by molar-refractivity contribution is 0.0471. The molecule has 15 heavy (non-hydrogen) atoms. The monoisotopic (exact) mass is 214 g/mol. The predicted octanol–water partition coefficient (Wildman–Crippen LogP) is 1.32. The first-order chi connectivity index (χ1) is 7.18. The molecule has 0 aliphatic carbocycles. The van der Waals surface area contributed by atoms with Crippen LogP contribution in [0.15, 0.2) is 0 Å². The summed E-state index contributed by atoms with van der Waals surface area (Å²) >= 11 is 0. The molecule has 88 valence electrons. The van der Waals surface area contributed by atoms with E-state index >= 15 is 0 Å². The summed E-state index contributed by atoms with van der Waals surface area (Å²) in [4.78, 5) is 0. The van der Waals surface area contributed by atoms with Crippen LogP contribution >= 0.6 is 0 Å². The molecule has 0 aliphatic rings. The molecule has 0 aromatic heterocycles. The minimum Gasteiger partial charge on any atom is -0.379 e. The molecule has 0 bridgehead atoms. The van der Waals surface area contributed by atoms with Crippen LogP contribution in [0.1, 0.15) is 27.2 Å². The van der Waals surface area contributed by atoms with E-state index in [1.165, 1.54) is 0 Å². The van der Waals surface area contributed by atoms with Gasteiger partial charge in [-0.2, -0.15) is 5.26 Å². The Morgan fingerprint density at radius 1 is 1.20 bits per heavy atom. The molecule has 1 N–H and O–H groups in total. The van der Waals surface area contributed by atoms with Crippen LogP contribution in [0.4, 0.5) is 0 Å². The van der Waals surface area contributed by atoms with Gasteiger partial charge in [-0.15, -0.1) is 0 Å². The molecule has 1 atom stereocenters. The van der Waals surface area contributed by atoms with Crippen LogP contribution in [-0.4, -0.2) is 38.5 Å². The first kappa shape index (κ1) is 14.4. The average Bonchev–Trinajstić information content (AvgIpc) is 2.24. The second-order valence-corrected chi connectivity index (χ2v) is 3.53. The van der Waals surface area contributed by atoms with Gasteiger partial charge in [0.2, 0.25) is 0 Å². The predicted molar refractivity (Wildman–Crippen MR) is 59.6 cm³/mol. The maximum absolute atomic E-state index is 8.96. The van der Waals surface area contributed by atoms with Crippen LogP contribution in [-0.2, 0) is 9.47 Å². The summed E-state index contributed by atoms with van der Waals surface area (Å²) in [6.45, 7) is 9.16. The maximum Gasteiger partial charge on any atom is 0.106 e. The van der Waals surface area contributed by atoms with Gasteiger partial charge in [0.1, 0.15) is 5.54 Å². The van der Waals surface area contributed by atoms with Crippen molar-refractivity contribution < 1.29 is 9.47 Å². The normalized spacial score (nSPS) is 14.5. The van der Waals surface area contributed by atoms with Gasteiger partial charge in [-0.1, -0.05) is 6.92 Å². The highest BCUT2D eigenvalue weighted by molar-refractivity contribution is 5.03. The first-order valence-electron chi connectivity index (χ1n) is 5.50. The molecule has 4 nitrogen and oxygen atoms in total. The molecular formula is C11H22N2O2. The van der Waals surface area contributed by atoms with Gasteiger partial charge in [0, 0.05) is 19.6 Å². The van der Waals surface area contributed by atoms with E-state index in [1.54, 1.807) is 0 Å². The quantitative estimate of drug-likeness (QED) is 0.588. The Bertz CT molecular complexity index is 192. The molecule has 4 heteroatoms. The number of rotatable bonds is 9. The van der Waals surface area contributed by atoms with Gasteiger partial charge in [-0.05, 0) is 20.4 Å². The van der Waals surface area contributed by atoms with E-state index in [-0.39, 0.29) is 0 Å². The highest BCUT2D eigenvalue weighted by atomic mass is 16.5. The van der Waals surface area contributed by atoms with Crippen molar-refractivity contribution in [1.29, 1.82) is 5.26 Å². The minimum atomic E-state index is -0.472. The Hall–Kier alpha value is -0.630. The summed E-state index contributed by atoms with van der Waals surface area (Å²) in [5.74, 6) is 0. The van der Waals surface area contributed by atoms with Crippen LogP contribution < -0.4 is 5.32 Å². The highest BCUT2D eigenvalue weighted by Crippen LogP contribution is 2.07. The van der Waals surface area contributed by atoms with E-state index < -0.39 is 5.54 Å². The topological polar surface area (TPSA) is 54.3 Å². The van der Waals surface area contributed by atoms with Crippen molar-refractivity contribution in [2.75, 3.05) is 33.0 Å². The molecular weight excluding hydrogens is 192 g/mol. The average molecular weight is 214 g/mol. The number of nitrogens with zero attached hydrogens (tertiary/aromatic N) is 1. The fourth-order valence-electron chi connectivity index (χ4n) is 1.21. The summed E-state index contributed by atoms with van der Waals surface area (Å²) in [7, 11) is 0. The number of nitrogens with one attached hydrogen (secondary N) is 1. The van der Waals surface area contributed by atoms with E-state index in [9.17, 15) is 0 Å². The van der Waals surface area contributed by atoms with Crippen LogP contribution in [0.25, 0.3) is 0 Å². The molecule has 0 spiro atoms. The molecule has 0 aromatic rings. The van der Waals surface area contributed by atoms with Crippen LogP contribution in [0.5, 0.6) is 0 Å². The summed E-state index contributed by atoms with van der Waals surface area (Å²) < 4.78 is 10.5. The first-order valence-corrected chi connectivity index (χ1v) is 5.50. The van der Waals surface area contributed by atoms with Gasteiger partial charge < -0.3 is 9.47 Å². The highest BCUT2D eigenvalue weighted by Gasteiger charge is 2.21. The molecule has 0 saturated carbocycles. The van der Waals surface area contributed by atoms with Crippen molar-refractivity contribution in [1.82, 2.24) is 5.32 Å². The van der Waals surface area contributed by atoms with Gasteiger partial charge in [0.05, 0.1) is 19.3 Å². The molecule has 0 heterocycles. The van der Waals surface area contributed by atoms with Gasteiger partial charge in [0.15, 0.2) is 0 Å². The molecule has 0 saturated heterocycles. The largest absolute Gasteiger partial charge is 0.379 e. The number of hydrogen-bond acceptors (Lipinski definition) is 4. The fraction of sp³-hybridized carbons (Fsp3) is 0.909. The molecule has 1 unspecified atom stereocenters. The lowest BCUT2D eigenvalue weighted by Gasteiger charge is -2.22. The van der Waals surface area contributed by atoms with E-state index in [2.05, 4.69) is 11.4 Å². The number of hydrogen-bond donors (Lipinski definition) is 1. The van der Waals surface area contributed by atoms with Crippen molar-refractivity contribution in [3.63, 3.8) is 0 Å². The third-order valence-corrected chi connectivity index (χ3v) is 2.14.